The van der Waals surface area contributed by atoms with E-state index >= 15 is 0 Å². The van der Waals surface area contributed by atoms with Gasteiger partial charge in [-0.3, -0.25) is 0 Å². The molecule has 1 aliphatic carbocycles. The fourth-order valence-electron chi connectivity index (χ4n) is 2.22. The highest BCUT2D eigenvalue weighted by atomic mass is 16.6. The number of hydrogen-bond acceptors (Lipinski definition) is 1. The largest absolute Gasteiger partial charge is 0.369 e. The fraction of sp³-hybridized carbons (Fsp3) is 1.00. The molecule has 0 radical (unpaired) electrons. The van der Waals surface area contributed by atoms with E-state index in [2.05, 4.69) is 13.8 Å². The van der Waals surface area contributed by atoms with Gasteiger partial charge >= 0.3 is 0 Å². The molecule has 2 rings (SSSR count). The van der Waals surface area contributed by atoms with Crippen LogP contribution in [-0.2, 0) is 4.74 Å². The smallest absolute Gasteiger partial charge is 0.0872 e. The van der Waals surface area contributed by atoms with Crippen molar-refractivity contribution in [1.82, 2.24) is 0 Å². The van der Waals surface area contributed by atoms with Gasteiger partial charge in [0.2, 0.25) is 0 Å². The van der Waals surface area contributed by atoms with Crippen LogP contribution in [0.25, 0.3) is 0 Å². The van der Waals surface area contributed by atoms with Crippen molar-refractivity contribution >= 4 is 0 Å². The maximum atomic E-state index is 5.43. The minimum Gasteiger partial charge on any atom is -0.369 e. The Morgan fingerprint density at radius 3 is 2.67 bits per heavy atom. The minimum atomic E-state index is 0.671. The van der Waals surface area contributed by atoms with Gasteiger partial charge in [-0.1, -0.05) is 20.3 Å². The van der Waals surface area contributed by atoms with Gasteiger partial charge in [-0.05, 0) is 18.3 Å². The van der Waals surface area contributed by atoms with Gasteiger partial charge in [-0.15, -0.1) is 0 Å². The molecular weight excluding hydrogens is 112 g/mol. The third kappa shape index (κ3) is 0.710. The summed E-state index contributed by atoms with van der Waals surface area (Å²) >= 11 is 0. The SMILES string of the molecule is CCC1C(C)CC2OC21. The molecule has 0 bridgehead atoms. The van der Waals surface area contributed by atoms with Crippen molar-refractivity contribution in [1.29, 1.82) is 0 Å². The molecule has 0 aromatic rings. The monoisotopic (exact) mass is 126 g/mol. The molecule has 0 N–H and O–H groups in total. The van der Waals surface area contributed by atoms with E-state index in [1.807, 2.05) is 0 Å². The summed E-state index contributed by atoms with van der Waals surface area (Å²) in [7, 11) is 0. The summed E-state index contributed by atoms with van der Waals surface area (Å²) in [5.41, 5.74) is 0. The van der Waals surface area contributed by atoms with Crippen LogP contribution in [0.15, 0.2) is 0 Å². The molecule has 4 atom stereocenters. The Morgan fingerprint density at radius 2 is 2.33 bits per heavy atom. The van der Waals surface area contributed by atoms with Crippen molar-refractivity contribution in [3.8, 4) is 0 Å². The Labute approximate surface area is 56.4 Å². The summed E-state index contributed by atoms with van der Waals surface area (Å²) in [6, 6.07) is 0. The van der Waals surface area contributed by atoms with Crippen LogP contribution in [0, 0.1) is 11.8 Å². The molecule has 1 saturated heterocycles. The molecule has 1 saturated carbocycles. The van der Waals surface area contributed by atoms with Crippen LogP contribution in [0.2, 0.25) is 0 Å². The lowest BCUT2D eigenvalue weighted by Gasteiger charge is -2.14. The number of ether oxygens (including phenoxy) is 1. The average molecular weight is 126 g/mol. The van der Waals surface area contributed by atoms with E-state index in [0.29, 0.717) is 12.2 Å². The van der Waals surface area contributed by atoms with Gasteiger partial charge < -0.3 is 4.74 Å². The maximum Gasteiger partial charge on any atom is 0.0872 e. The van der Waals surface area contributed by atoms with Crippen molar-refractivity contribution in [2.45, 2.75) is 38.9 Å². The molecule has 1 heterocycles. The lowest BCUT2D eigenvalue weighted by molar-refractivity contribution is 0.209. The predicted molar refractivity (Wildman–Crippen MR) is 36.2 cm³/mol. The first kappa shape index (κ1) is 5.72. The van der Waals surface area contributed by atoms with E-state index in [1.165, 1.54) is 12.8 Å². The number of epoxide rings is 1. The first-order chi connectivity index (χ1) is 4.33. The third-order valence-electron chi connectivity index (χ3n) is 2.85. The molecule has 0 spiro atoms. The van der Waals surface area contributed by atoms with E-state index in [4.69, 9.17) is 4.74 Å². The lowest BCUT2D eigenvalue weighted by Crippen LogP contribution is -2.10. The molecule has 1 aliphatic heterocycles. The second-order valence-electron chi connectivity index (χ2n) is 3.42. The topological polar surface area (TPSA) is 12.5 Å². The van der Waals surface area contributed by atoms with Crippen LogP contribution in [0.1, 0.15) is 26.7 Å². The van der Waals surface area contributed by atoms with Crippen LogP contribution in [0.4, 0.5) is 0 Å². The molecule has 2 fully saturated rings. The van der Waals surface area contributed by atoms with Gasteiger partial charge in [0.05, 0.1) is 12.2 Å². The quantitative estimate of drug-likeness (QED) is 0.488. The highest BCUT2D eigenvalue weighted by molar-refractivity contribution is 5.00. The molecule has 2 aliphatic rings. The number of rotatable bonds is 1. The zero-order chi connectivity index (χ0) is 6.43. The van der Waals surface area contributed by atoms with Gasteiger partial charge in [-0.2, -0.15) is 0 Å². The van der Waals surface area contributed by atoms with Gasteiger partial charge in [-0.25, -0.2) is 0 Å². The summed E-state index contributed by atoms with van der Waals surface area (Å²) in [5.74, 6) is 1.81. The predicted octanol–water partition coefficient (Wildman–Crippen LogP) is 1.82. The minimum absolute atomic E-state index is 0.671. The third-order valence-corrected chi connectivity index (χ3v) is 2.85. The first-order valence-electron chi connectivity index (χ1n) is 3.98. The Balaban J connectivity index is 2.02. The van der Waals surface area contributed by atoms with Crippen LogP contribution >= 0.6 is 0 Å². The summed E-state index contributed by atoms with van der Waals surface area (Å²) in [4.78, 5) is 0. The van der Waals surface area contributed by atoms with Crippen molar-refractivity contribution in [2.24, 2.45) is 11.8 Å². The summed E-state index contributed by atoms with van der Waals surface area (Å²) in [6.07, 6.45) is 3.97. The van der Waals surface area contributed by atoms with Gasteiger partial charge in [0.1, 0.15) is 0 Å². The Morgan fingerprint density at radius 1 is 1.56 bits per heavy atom. The normalized spacial score (nSPS) is 55.3. The van der Waals surface area contributed by atoms with Crippen molar-refractivity contribution in [3.05, 3.63) is 0 Å². The highest BCUT2D eigenvalue weighted by Crippen LogP contribution is 2.47. The van der Waals surface area contributed by atoms with Crippen LogP contribution < -0.4 is 0 Å². The van der Waals surface area contributed by atoms with E-state index in [-0.39, 0.29) is 0 Å². The summed E-state index contributed by atoms with van der Waals surface area (Å²) in [6.45, 7) is 4.62. The standard InChI is InChI=1S/C8H14O/c1-3-6-5(2)4-7-8(6)9-7/h5-8H,3-4H2,1-2H3. The van der Waals surface area contributed by atoms with Crippen LogP contribution in [0.3, 0.4) is 0 Å². The summed E-state index contributed by atoms with van der Waals surface area (Å²) < 4.78 is 5.43. The second kappa shape index (κ2) is 1.72. The van der Waals surface area contributed by atoms with Crippen LogP contribution in [-0.4, -0.2) is 12.2 Å². The number of hydrogen-bond donors (Lipinski definition) is 0. The number of fused-ring (bicyclic) bond motifs is 1. The molecule has 4 unspecified atom stereocenters. The van der Waals surface area contributed by atoms with Crippen molar-refractivity contribution in [3.63, 3.8) is 0 Å². The molecule has 0 aromatic carbocycles. The molecule has 1 nitrogen and oxygen atoms in total. The van der Waals surface area contributed by atoms with Crippen LogP contribution in [0.5, 0.6) is 0 Å². The highest BCUT2D eigenvalue weighted by Gasteiger charge is 2.52. The van der Waals surface area contributed by atoms with E-state index in [0.717, 1.165) is 11.8 Å². The molecular formula is C8H14O. The Bertz CT molecular complexity index is 120. The molecule has 0 aromatic heterocycles. The van der Waals surface area contributed by atoms with Crippen molar-refractivity contribution in [2.75, 3.05) is 0 Å². The van der Waals surface area contributed by atoms with E-state index in [1.54, 1.807) is 0 Å². The molecule has 0 amide bonds. The Kier molecular flexibility index (Phi) is 1.10. The zero-order valence-corrected chi connectivity index (χ0v) is 6.13. The first-order valence-corrected chi connectivity index (χ1v) is 3.98. The average Bonchev–Trinajstić information content (AvgIpc) is 2.45. The van der Waals surface area contributed by atoms with Gasteiger partial charge in [0.15, 0.2) is 0 Å². The summed E-state index contributed by atoms with van der Waals surface area (Å²) in [5, 5.41) is 0. The lowest BCUT2D eigenvalue weighted by atomic mass is 9.95. The van der Waals surface area contributed by atoms with E-state index in [9.17, 15) is 0 Å². The van der Waals surface area contributed by atoms with E-state index < -0.39 is 0 Å². The second-order valence-corrected chi connectivity index (χ2v) is 3.42. The Hall–Kier alpha value is -0.0400. The fourth-order valence-corrected chi connectivity index (χ4v) is 2.22. The van der Waals surface area contributed by atoms with Gasteiger partial charge in [0, 0.05) is 0 Å². The molecule has 52 valence electrons. The van der Waals surface area contributed by atoms with Crippen molar-refractivity contribution < 1.29 is 4.74 Å². The molecule has 9 heavy (non-hydrogen) atoms. The zero-order valence-electron chi connectivity index (χ0n) is 6.13. The van der Waals surface area contributed by atoms with Gasteiger partial charge in [0.25, 0.3) is 0 Å². The maximum absolute atomic E-state index is 5.43. The molecule has 1 heteroatoms.